The predicted molar refractivity (Wildman–Crippen MR) is 214 cm³/mol. The van der Waals surface area contributed by atoms with E-state index in [2.05, 4.69) is 36.6 Å². The fraction of sp³-hybridized carbons (Fsp3) is 0.810. The molecule has 53 heavy (non-hydrogen) atoms. The highest BCUT2D eigenvalue weighted by atomic mass is 31.2. The normalized spacial score (nSPS) is 14.3. The van der Waals surface area contributed by atoms with Crippen LogP contribution in [0.4, 0.5) is 0 Å². The van der Waals surface area contributed by atoms with Crippen molar-refractivity contribution in [2.75, 3.05) is 26.4 Å². The first kappa shape index (κ1) is 51.2. The van der Waals surface area contributed by atoms with Gasteiger partial charge in [-0.2, -0.15) is 0 Å². The van der Waals surface area contributed by atoms with Crippen molar-refractivity contribution in [3.05, 3.63) is 36.5 Å². The largest absolute Gasteiger partial charge is 0.472 e. The van der Waals surface area contributed by atoms with E-state index in [1.165, 1.54) is 116 Å². The van der Waals surface area contributed by atoms with Gasteiger partial charge in [0, 0.05) is 12.8 Å². The first-order chi connectivity index (χ1) is 25.7. The number of aliphatic hydroxyl groups is 2. The third kappa shape index (κ3) is 38.3. The summed E-state index contributed by atoms with van der Waals surface area (Å²) in [7, 11) is -4.63. The van der Waals surface area contributed by atoms with E-state index in [0.29, 0.717) is 12.8 Å². The Morgan fingerprint density at radius 2 is 0.981 bits per heavy atom. The summed E-state index contributed by atoms with van der Waals surface area (Å²) in [6, 6.07) is 0. The van der Waals surface area contributed by atoms with Crippen LogP contribution in [0.15, 0.2) is 36.5 Å². The fourth-order valence-electron chi connectivity index (χ4n) is 5.53. The van der Waals surface area contributed by atoms with Gasteiger partial charge < -0.3 is 24.6 Å². The van der Waals surface area contributed by atoms with Crippen LogP contribution in [0.3, 0.4) is 0 Å². The summed E-state index contributed by atoms with van der Waals surface area (Å²) in [5, 5.41) is 18.3. The number of unbranched alkanes of at least 4 members (excludes halogenated alkanes) is 19. The second-order valence-electron chi connectivity index (χ2n) is 14.0. The SMILES string of the molecule is CCCCCCCCCCC=CCC=CCCC(=O)OC(COC(=O)CCC=CCCCCCCCCCCCCC)COP(=O)(O)OCC(O)CO. The molecule has 10 nitrogen and oxygen atoms in total. The summed E-state index contributed by atoms with van der Waals surface area (Å²) in [6.07, 6.45) is 38.6. The molecule has 0 aliphatic rings. The molecule has 0 amide bonds. The average Bonchev–Trinajstić information content (AvgIpc) is 3.14. The highest BCUT2D eigenvalue weighted by Crippen LogP contribution is 2.43. The number of allylic oxidation sites excluding steroid dienone is 6. The van der Waals surface area contributed by atoms with Gasteiger partial charge in [-0.1, -0.05) is 159 Å². The van der Waals surface area contributed by atoms with Crippen molar-refractivity contribution >= 4 is 19.8 Å². The number of phosphoric ester groups is 1. The third-order valence-corrected chi connectivity index (χ3v) is 9.74. The lowest BCUT2D eigenvalue weighted by atomic mass is 10.1. The van der Waals surface area contributed by atoms with Gasteiger partial charge in [-0.3, -0.25) is 18.6 Å². The molecule has 0 saturated carbocycles. The first-order valence-corrected chi connectivity index (χ1v) is 22.4. The number of phosphoric acid groups is 1. The number of carbonyl (C=O) groups excluding carboxylic acids is 2. The third-order valence-electron chi connectivity index (χ3n) is 8.79. The van der Waals surface area contributed by atoms with Gasteiger partial charge >= 0.3 is 19.8 Å². The van der Waals surface area contributed by atoms with Gasteiger partial charge in [0.2, 0.25) is 0 Å². The Hall–Kier alpha value is -1.81. The summed E-state index contributed by atoms with van der Waals surface area (Å²) in [5.41, 5.74) is 0. The Balaban J connectivity index is 4.43. The quantitative estimate of drug-likeness (QED) is 0.0238. The number of rotatable bonds is 39. The summed E-state index contributed by atoms with van der Waals surface area (Å²) in [4.78, 5) is 34.8. The number of aliphatic hydroxyl groups excluding tert-OH is 2. The maximum Gasteiger partial charge on any atom is 0.472 e. The zero-order valence-corrected chi connectivity index (χ0v) is 34.4. The monoisotopic (exact) mass is 773 g/mol. The van der Waals surface area contributed by atoms with Crippen LogP contribution in [-0.2, 0) is 32.7 Å². The Labute approximate surface area is 322 Å². The lowest BCUT2D eigenvalue weighted by Crippen LogP contribution is -2.29. The van der Waals surface area contributed by atoms with E-state index in [4.69, 9.17) is 19.1 Å². The Bertz CT molecular complexity index is 983. The predicted octanol–water partition coefficient (Wildman–Crippen LogP) is 10.8. The topological polar surface area (TPSA) is 149 Å². The van der Waals surface area contributed by atoms with Crippen LogP contribution in [0.25, 0.3) is 0 Å². The molecule has 0 aromatic heterocycles. The molecule has 0 aliphatic heterocycles. The average molecular weight is 773 g/mol. The van der Waals surface area contributed by atoms with Gasteiger partial charge in [0.05, 0.1) is 19.8 Å². The molecule has 3 N–H and O–H groups in total. The van der Waals surface area contributed by atoms with Crippen molar-refractivity contribution in [2.24, 2.45) is 0 Å². The molecule has 0 aromatic carbocycles. The lowest BCUT2D eigenvalue weighted by molar-refractivity contribution is -0.161. The molecule has 0 aliphatic carbocycles. The van der Waals surface area contributed by atoms with Crippen LogP contribution in [-0.4, -0.2) is 65.7 Å². The smallest absolute Gasteiger partial charge is 0.462 e. The Morgan fingerprint density at radius 3 is 1.49 bits per heavy atom. The van der Waals surface area contributed by atoms with E-state index in [1.54, 1.807) is 0 Å². The summed E-state index contributed by atoms with van der Waals surface area (Å²) in [6.45, 7) is 2.27. The zero-order valence-electron chi connectivity index (χ0n) is 33.5. The maximum atomic E-state index is 12.5. The fourth-order valence-corrected chi connectivity index (χ4v) is 6.32. The number of hydrogen-bond donors (Lipinski definition) is 3. The maximum absolute atomic E-state index is 12.5. The molecule has 3 unspecified atom stereocenters. The molecule has 0 fully saturated rings. The van der Waals surface area contributed by atoms with Crippen LogP contribution in [0, 0.1) is 0 Å². The van der Waals surface area contributed by atoms with Gasteiger partial charge in [0.15, 0.2) is 6.10 Å². The van der Waals surface area contributed by atoms with Crippen molar-refractivity contribution in [1.82, 2.24) is 0 Å². The zero-order chi connectivity index (χ0) is 39.1. The van der Waals surface area contributed by atoms with Gasteiger partial charge in [0.1, 0.15) is 12.7 Å². The van der Waals surface area contributed by atoms with Crippen LogP contribution >= 0.6 is 7.82 Å². The molecule has 0 heterocycles. The first-order valence-electron chi connectivity index (χ1n) is 20.9. The standard InChI is InChI=1S/C42H77O10P/c1-3-5-7-9-11-13-15-17-19-21-23-25-27-29-31-33-41(45)49-37-40(38-51-53(47,48)50-36-39(44)35-43)52-42(46)34-32-30-28-26-24-22-20-18-16-14-12-10-8-6-4-2/h22,24,27-30,39-40,43-44H,3-21,23,25-26,31-38H2,1-2H3,(H,47,48). The molecule has 310 valence electrons. The van der Waals surface area contributed by atoms with E-state index in [0.717, 1.165) is 25.7 Å². The van der Waals surface area contributed by atoms with E-state index >= 15 is 0 Å². The number of hydrogen-bond acceptors (Lipinski definition) is 9. The highest BCUT2D eigenvalue weighted by Gasteiger charge is 2.27. The van der Waals surface area contributed by atoms with Crippen molar-refractivity contribution in [3.63, 3.8) is 0 Å². The molecule has 0 spiro atoms. The molecular formula is C42H77O10P. The molecule has 3 atom stereocenters. The second-order valence-corrected chi connectivity index (χ2v) is 15.5. The van der Waals surface area contributed by atoms with Crippen LogP contribution in [0.5, 0.6) is 0 Å². The van der Waals surface area contributed by atoms with Crippen molar-refractivity contribution in [3.8, 4) is 0 Å². The summed E-state index contributed by atoms with van der Waals surface area (Å²) < 4.78 is 32.5. The highest BCUT2D eigenvalue weighted by molar-refractivity contribution is 7.47. The minimum absolute atomic E-state index is 0.0722. The molecule has 0 radical (unpaired) electrons. The van der Waals surface area contributed by atoms with E-state index in [1.807, 2.05) is 18.2 Å². The van der Waals surface area contributed by atoms with Crippen molar-refractivity contribution in [1.29, 1.82) is 0 Å². The van der Waals surface area contributed by atoms with E-state index in [9.17, 15) is 24.2 Å². The van der Waals surface area contributed by atoms with Gasteiger partial charge in [0.25, 0.3) is 0 Å². The Morgan fingerprint density at radius 1 is 0.566 bits per heavy atom. The van der Waals surface area contributed by atoms with Crippen LogP contribution < -0.4 is 0 Å². The number of carbonyl (C=O) groups is 2. The van der Waals surface area contributed by atoms with Crippen LogP contribution in [0.1, 0.15) is 181 Å². The molecular weight excluding hydrogens is 695 g/mol. The molecule has 0 saturated heterocycles. The lowest BCUT2D eigenvalue weighted by Gasteiger charge is -2.20. The summed E-state index contributed by atoms with van der Waals surface area (Å²) >= 11 is 0. The Kier molecular flexibility index (Phi) is 37.2. The minimum atomic E-state index is -4.63. The molecule has 11 heteroatoms. The van der Waals surface area contributed by atoms with Crippen molar-refractivity contribution < 1.29 is 47.8 Å². The second kappa shape index (κ2) is 38.5. The molecule has 0 bridgehead atoms. The molecule has 0 aromatic rings. The van der Waals surface area contributed by atoms with Gasteiger partial charge in [-0.15, -0.1) is 0 Å². The molecule has 0 rings (SSSR count). The minimum Gasteiger partial charge on any atom is -0.462 e. The van der Waals surface area contributed by atoms with Gasteiger partial charge in [-0.25, -0.2) is 4.57 Å². The number of esters is 2. The summed E-state index contributed by atoms with van der Waals surface area (Å²) in [5.74, 6) is -1.06. The van der Waals surface area contributed by atoms with Crippen LogP contribution in [0.2, 0.25) is 0 Å². The number of ether oxygens (including phenoxy) is 2. The van der Waals surface area contributed by atoms with E-state index < -0.39 is 51.8 Å². The van der Waals surface area contributed by atoms with Crippen molar-refractivity contribution in [2.45, 2.75) is 193 Å². The van der Waals surface area contributed by atoms with E-state index in [-0.39, 0.29) is 19.4 Å². The van der Waals surface area contributed by atoms with Gasteiger partial charge in [-0.05, 0) is 44.9 Å².